The second-order valence-electron chi connectivity index (χ2n) is 7.04. The van der Waals surface area contributed by atoms with Gasteiger partial charge in [-0.2, -0.15) is 0 Å². The lowest BCUT2D eigenvalue weighted by atomic mass is 10.1. The van der Waals surface area contributed by atoms with E-state index in [0.717, 1.165) is 17.7 Å². The van der Waals surface area contributed by atoms with Gasteiger partial charge in [-0.05, 0) is 42.2 Å². The number of aromatic nitrogens is 1. The van der Waals surface area contributed by atoms with Crippen LogP contribution < -0.4 is 15.0 Å². The van der Waals surface area contributed by atoms with E-state index >= 15 is 0 Å². The Kier molecular flexibility index (Phi) is 5.74. The van der Waals surface area contributed by atoms with Gasteiger partial charge in [-0.1, -0.05) is 20.8 Å². The molecule has 1 N–H and O–H groups in total. The summed E-state index contributed by atoms with van der Waals surface area (Å²) in [7, 11) is 0. The zero-order chi connectivity index (χ0) is 19.4. The quantitative estimate of drug-likeness (QED) is 0.846. The maximum absolute atomic E-state index is 12.5. The number of carbonyl (C=O) groups is 2. The fourth-order valence-corrected chi connectivity index (χ4v) is 2.99. The summed E-state index contributed by atoms with van der Waals surface area (Å²) in [5, 5.41) is 2.85. The molecule has 1 aromatic heterocycles. The van der Waals surface area contributed by atoms with E-state index in [4.69, 9.17) is 4.74 Å². The number of ether oxygens (including phenoxy) is 1. The van der Waals surface area contributed by atoms with Crippen LogP contribution in [0.2, 0.25) is 0 Å². The number of pyridine rings is 1. The summed E-state index contributed by atoms with van der Waals surface area (Å²) in [6.07, 6.45) is 2.83. The van der Waals surface area contributed by atoms with Crippen LogP contribution in [0.3, 0.4) is 0 Å². The van der Waals surface area contributed by atoms with Crippen molar-refractivity contribution in [2.24, 2.45) is 5.92 Å². The summed E-state index contributed by atoms with van der Waals surface area (Å²) in [6.45, 7) is 7.28. The maximum Gasteiger partial charge on any atom is 0.255 e. The Morgan fingerprint density at radius 3 is 2.74 bits per heavy atom. The van der Waals surface area contributed by atoms with Crippen LogP contribution in [0, 0.1) is 5.92 Å². The van der Waals surface area contributed by atoms with E-state index in [0.29, 0.717) is 42.6 Å². The van der Waals surface area contributed by atoms with Crippen molar-refractivity contribution < 1.29 is 14.3 Å². The Labute approximate surface area is 159 Å². The number of rotatable bonds is 6. The summed E-state index contributed by atoms with van der Waals surface area (Å²) >= 11 is 0. The number of hydrogen-bond donors (Lipinski definition) is 1. The first-order valence-electron chi connectivity index (χ1n) is 9.31. The van der Waals surface area contributed by atoms with Gasteiger partial charge in [0.25, 0.3) is 5.91 Å². The van der Waals surface area contributed by atoms with E-state index < -0.39 is 0 Å². The molecule has 2 aromatic rings. The Bertz CT molecular complexity index is 831. The standard InChI is InChI=1S/C21H25N3O3/c1-4-20(25)24-10-9-15-11-16(5-7-18(15)24)21(26)23-17-6-8-19(22-12-17)27-13-14(2)3/h5-8,11-12,14H,4,9-10,13H2,1-3H3,(H,23,26). The van der Waals surface area contributed by atoms with Crippen LogP contribution in [-0.2, 0) is 11.2 Å². The molecule has 6 heteroatoms. The number of benzene rings is 1. The van der Waals surface area contributed by atoms with Gasteiger partial charge in [0.1, 0.15) is 0 Å². The third-order valence-electron chi connectivity index (χ3n) is 4.40. The third-order valence-corrected chi connectivity index (χ3v) is 4.40. The van der Waals surface area contributed by atoms with Gasteiger partial charge in [0.05, 0.1) is 18.5 Å². The fourth-order valence-electron chi connectivity index (χ4n) is 2.99. The summed E-state index contributed by atoms with van der Waals surface area (Å²) in [5.74, 6) is 0.877. The van der Waals surface area contributed by atoms with Crippen molar-refractivity contribution in [1.82, 2.24) is 4.98 Å². The Morgan fingerprint density at radius 2 is 2.07 bits per heavy atom. The average Bonchev–Trinajstić information content (AvgIpc) is 3.10. The monoisotopic (exact) mass is 367 g/mol. The molecule has 0 atom stereocenters. The van der Waals surface area contributed by atoms with E-state index in [1.165, 1.54) is 0 Å². The van der Waals surface area contributed by atoms with Gasteiger partial charge in [-0.25, -0.2) is 4.98 Å². The van der Waals surface area contributed by atoms with Crippen LogP contribution in [0.15, 0.2) is 36.5 Å². The van der Waals surface area contributed by atoms with Gasteiger partial charge < -0.3 is 15.0 Å². The molecule has 0 spiro atoms. The molecule has 3 rings (SSSR count). The van der Waals surface area contributed by atoms with Crippen LogP contribution >= 0.6 is 0 Å². The number of amides is 2. The van der Waals surface area contributed by atoms with Gasteiger partial charge in [0, 0.05) is 30.3 Å². The zero-order valence-electron chi connectivity index (χ0n) is 16.0. The Morgan fingerprint density at radius 1 is 1.26 bits per heavy atom. The number of nitrogens with zero attached hydrogens (tertiary/aromatic N) is 2. The summed E-state index contributed by atoms with van der Waals surface area (Å²) in [6, 6.07) is 8.99. The van der Waals surface area contributed by atoms with Crippen LogP contribution in [-0.4, -0.2) is 29.9 Å². The Balaban J connectivity index is 1.66. The average molecular weight is 367 g/mol. The normalized spacial score (nSPS) is 12.8. The lowest BCUT2D eigenvalue weighted by Crippen LogP contribution is -2.27. The highest BCUT2D eigenvalue weighted by atomic mass is 16.5. The highest BCUT2D eigenvalue weighted by molar-refractivity contribution is 6.05. The number of anilines is 2. The van der Waals surface area contributed by atoms with Crippen molar-refractivity contribution in [2.75, 3.05) is 23.4 Å². The predicted octanol–water partition coefficient (Wildman–Crippen LogP) is 3.67. The molecule has 0 saturated carbocycles. The van der Waals surface area contributed by atoms with Crippen molar-refractivity contribution in [3.8, 4) is 5.88 Å². The first kappa shape index (κ1) is 18.9. The van der Waals surface area contributed by atoms with Crippen molar-refractivity contribution in [2.45, 2.75) is 33.6 Å². The minimum Gasteiger partial charge on any atom is -0.477 e. The molecule has 27 heavy (non-hydrogen) atoms. The van der Waals surface area contributed by atoms with Gasteiger partial charge in [0.15, 0.2) is 0 Å². The lowest BCUT2D eigenvalue weighted by molar-refractivity contribution is -0.118. The van der Waals surface area contributed by atoms with E-state index in [1.54, 1.807) is 29.3 Å². The van der Waals surface area contributed by atoms with Crippen molar-refractivity contribution in [1.29, 1.82) is 0 Å². The first-order chi connectivity index (χ1) is 13.0. The van der Waals surface area contributed by atoms with Crippen molar-refractivity contribution in [3.63, 3.8) is 0 Å². The highest BCUT2D eigenvalue weighted by Gasteiger charge is 2.24. The largest absolute Gasteiger partial charge is 0.477 e. The highest BCUT2D eigenvalue weighted by Crippen LogP contribution is 2.29. The smallest absolute Gasteiger partial charge is 0.255 e. The second kappa shape index (κ2) is 8.20. The van der Waals surface area contributed by atoms with Gasteiger partial charge in [-0.3, -0.25) is 9.59 Å². The van der Waals surface area contributed by atoms with E-state index in [1.807, 2.05) is 19.1 Å². The van der Waals surface area contributed by atoms with E-state index in [-0.39, 0.29) is 11.8 Å². The van der Waals surface area contributed by atoms with Gasteiger partial charge in [-0.15, -0.1) is 0 Å². The van der Waals surface area contributed by atoms with Gasteiger partial charge >= 0.3 is 0 Å². The fraction of sp³-hybridized carbons (Fsp3) is 0.381. The van der Waals surface area contributed by atoms with Crippen LogP contribution in [0.4, 0.5) is 11.4 Å². The molecule has 0 fully saturated rings. The molecule has 1 aromatic carbocycles. The number of nitrogens with one attached hydrogen (secondary N) is 1. The second-order valence-corrected chi connectivity index (χ2v) is 7.04. The lowest BCUT2D eigenvalue weighted by Gasteiger charge is -2.16. The summed E-state index contributed by atoms with van der Waals surface area (Å²) < 4.78 is 5.54. The van der Waals surface area contributed by atoms with Gasteiger partial charge in [0.2, 0.25) is 11.8 Å². The SMILES string of the molecule is CCC(=O)N1CCc2cc(C(=O)Nc3ccc(OCC(C)C)nc3)ccc21. The molecule has 2 amide bonds. The predicted molar refractivity (Wildman–Crippen MR) is 105 cm³/mol. The maximum atomic E-state index is 12.5. The molecule has 1 aliphatic heterocycles. The molecule has 0 radical (unpaired) electrons. The summed E-state index contributed by atoms with van der Waals surface area (Å²) in [5.41, 5.74) is 3.12. The molecule has 2 heterocycles. The zero-order valence-corrected chi connectivity index (χ0v) is 16.0. The number of hydrogen-bond acceptors (Lipinski definition) is 4. The van der Waals surface area contributed by atoms with Crippen LogP contribution in [0.1, 0.15) is 43.1 Å². The molecular weight excluding hydrogens is 342 g/mol. The first-order valence-corrected chi connectivity index (χ1v) is 9.31. The minimum atomic E-state index is -0.198. The molecular formula is C21H25N3O3. The van der Waals surface area contributed by atoms with E-state index in [9.17, 15) is 9.59 Å². The molecule has 0 unspecified atom stereocenters. The van der Waals surface area contributed by atoms with Crippen molar-refractivity contribution in [3.05, 3.63) is 47.7 Å². The number of carbonyl (C=O) groups excluding carboxylic acids is 2. The van der Waals surface area contributed by atoms with Crippen molar-refractivity contribution >= 4 is 23.2 Å². The molecule has 0 saturated heterocycles. The topological polar surface area (TPSA) is 71.5 Å². The summed E-state index contributed by atoms with van der Waals surface area (Å²) in [4.78, 5) is 30.5. The van der Waals surface area contributed by atoms with Crippen LogP contribution in [0.25, 0.3) is 0 Å². The molecule has 0 aliphatic carbocycles. The molecule has 142 valence electrons. The third kappa shape index (κ3) is 4.45. The van der Waals surface area contributed by atoms with E-state index in [2.05, 4.69) is 24.1 Å². The number of fused-ring (bicyclic) bond motifs is 1. The minimum absolute atomic E-state index is 0.108. The molecule has 0 bridgehead atoms. The Hall–Kier alpha value is -2.89. The molecule has 6 nitrogen and oxygen atoms in total. The molecule has 1 aliphatic rings. The van der Waals surface area contributed by atoms with Crippen LogP contribution in [0.5, 0.6) is 5.88 Å².